The first-order valence-electron chi connectivity index (χ1n) is 7.84. The van der Waals surface area contributed by atoms with Crippen molar-refractivity contribution in [3.8, 4) is 0 Å². The molecule has 0 aromatic heterocycles. The topological polar surface area (TPSA) is 52.6 Å². The lowest BCUT2D eigenvalue weighted by atomic mass is 9.82. The maximum atomic E-state index is 13.0. The number of allylic oxidation sites excluding steroid dienone is 1. The second-order valence-corrected chi connectivity index (χ2v) is 8.41. The summed E-state index contributed by atoms with van der Waals surface area (Å²) in [5.41, 5.74) is 2.94. The van der Waals surface area contributed by atoms with E-state index in [1.807, 2.05) is 31.2 Å². The van der Waals surface area contributed by atoms with Gasteiger partial charge in [-0.05, 0) is 58.4 Å². The molecule has 0 N–H and O–H groups in total. The highest BCUT2D eigenvalue weighted by Crippen LogP contribution is 2.56. The van der Waals surface area contributed by atoms with Crippen LogP contribution >= 0.6 is 23.5 Å². The van der Waals surface area contributed by atoms with E-state index in [2.05, 4.69) is 21.7 Å². The van der Waals surface area contributed by atoms with Gasteiger partial charge in [0.25, 0.3) is 5.52 Å². The van der Waals surface area contributed by atoms with Gasteiger partial charge in [-0.25, -0.2) is 0 Å². The summed E-state index contributed by atoms with van der Waals surface area (Å²) in [5.74, 6) is 0. The number of halogens is 1. The van der Waals surface area contributed by atoms with Crippen molar-refractivity contribution < 1.29 is 18.4 Å². The van der Waals surface area contributed by atoms with Gasteiger partial charge in [0, 0.05) is 10.0 Å². The minimum atomic E-state index is -3.86. The van der Waals surface area contributed by atoms with Crippen molar-refractivity contribution in [1.82, 2.24) is 0 Å². The number of rotatable bonds is 8. The highest BCUT2D eigenvalue weighted by Gasteiger charge is 2.46. The highest BCUT2D eigenvalue weighted by molar-refractivity contribution is 9.10. The smallest absolute Gasteiger partial charge is 0.303 e. The first-order valence-corrected chi connectivity index (χ1v) is 10.2. The summed E-state index contributed by atoms with van der Waals surface area (Å²) in [5, 5.41) is 0. The second kappa shape index (κ2) is 8.94. The van der Waals surface area contributed by atoms with Crippen LogP contribution in [0.1, 0.15) is 40.2 Å². The zero-order chi connectivity index (χ0) is 18.4. The Balaban J connectivity index is 3.41. The van der Waals surface area contributed by atoms with Gasteiger partial charge in [0.1, 0.15) is 0 Å². The average Bonchev–Trinajstić information content (AvgIpc) is 2.53. The minimum Gasteiger partial charge on any atom is -0.303 e. The molecule has 0 amide bonds. The van der Waals surface area contributed by atoms with Crippen LogP contribution in [-0.2, 0) is 18.4 Å². The maximum absolute atomic E-state index is 13.0. The Morgan fingerprint density at radius 1 is 1.21 bits per heavy atom. The van der Waals surface area contributed by atoms with Crippen molar-refractivity contribution in [3.05, 3.63) is 46.1 Å². The van der Waals surface area contributed by atoms with E-state index in [0.717, 1.165) is 10.0 Å². The van der Waals surface area contributed by atoms with Crippen molar-refractivity contribution >= 4 is 34.6 Å². The standard InChI is InChI=1S/C18H24BrO4P/c1-6-9-16(14-10-12-15(19)13-11-14)18(4,5)17(20)24(21,22-7-2)23-8-3/h6,10-13H,7-8H2,1-5H3. The van der Waals surface area contributed by atoms with E-state index in [-0.39, 0.29) is 13.2 Å². The van der Waals surface area contributed by atoms with Gasteiger partial charge in [0.2, 0.25) is 0 Å². The minimum absolute atomic E-state index is 0.139. The number of hydrogen-bond donors (Lipinski definition) is 0. The van der Waals surface area contributed by atoms with E-state index < -0.39 is 18.5 Å². The highest BCUT2D eigenvalue weighted by atomic mass is 79.9. The molecule has 0 radical (unpaired) electrons. The van der Waals surface area contributed by atoms with Gasteiger partial charge in [-0.2, -0.15) is 0 Å². The number of hydrogen-bond acceptors (Lipinski definition) is 4. The Hall–Kier alpha value is -0.960. The largest absolute Gasteiger partial charge is 0.397 e. The lowest BCUT2D eigenvalue weighted by Gasteiger charge is -2.29. The van der Waals surface area contributed by atoms with Gasteiger partial charge in [-0.3, -0.25) is 9.36 Å². The zero-order valence-corrected chi connectivity index (χ0v) is 17.2. The fourth-order valence-corrected chi connectivity index (χ4v) is 4.38. The van der Waals surface area contributed by atoms with Gasteiger partial charge < -0.3 is 9.05 Å². The van der Waals surface area contributed by atoms with Crippen LogP contribution < -0.4 is 0 Å². The molecule has 0 saturated carbocycles. The fourth-order valence-electron chi connectivity index (χ4n) is 2.33. The second-order valence-electron chi connectivity index (χ2n) is 5.58. The van der Waals surface area contributed by atoms with E-state index in [0.29, 0.717) is 5.57 Å². The molecule has 6 heteroatoms. The summed E-state index contributed by atoms with van der Waals surface area (Å²) in [4.78, 5) is 13.0. The van der Waals surface area contributed by atoms with Crippen molar-refractivity contribution in [2.45, 2.75) is 34.6 Å². The van der Waals surface area contributed by atoms with Crippen LogP contribution in [0.15, 0.2) is 40.5 Å². The first kappa shape index (κ1) is 21.1. The summed E-state index contributed by atoms with van der Waals surface area (Å²) < 4.78 is 24.3. The van der Waals surface area contributed by atoms with Crippen molar-refractivity contribution in [2.24, 2.45) is 5.41 Å². The molecule has 0 fully saturated rings. The molecule has 0 bridgehead atoms. The van der Waals surface area contributed by atoms with Crippen molar-refractivity contribution in [3.63, 3.8) is 0 Å². The number of carbonyl (C=O) groups is 1. The summed E-state index contributed by atoms with van der Waals surface area (Å²) in [6.45, 7) is 8.90. The first-order chi connectivity index (χ1) is 11.2. The third kappa shape index (κ3) is 4.78. The third-order valence-corrected chi connectivity index (χ3v) is 6.21. The number of benzene rings is 1. The van der Waals surface area contributed by atoms with Crippen LogP contribution in [0.2, 0.25) is 0 Å². The molecular formula is C18H24BrO4P. The van der Waals surface area contributed by atoms with E-state index >= 15 is 0 Å². The SMILES string of the molecule is CC=C=C(c1ccc(Br)cc1)C(C)(C)C(=O)P(=O)(OCC)OCC. The molecule has 1 rings (SSSR count). The summed E-state index contributed by atoms with van der Waals surface area (Å²) in [7, 11) is -3.86. The Kier molecular flexibility index (Phi) is 7.85. The summed E-state index contributed by atoms with van der Waals surface area (Å²) >= 11 is 3.40. The Labute approximate surface area is 152 Å². The quantitative estimate of drug-likeness (QED) is 0.396. The molecular weight excluding hydrogens is 391 g/mol. The van der Waals surface area contributed by atoms with Gasteiger partial charge in [0.15, 0.2) is 0 Å². The Bertz CT molecular complexity index is 675. The molecule has 0 unspecified atom stereocenters. The molecule has 24 heavy (non-hydrogen) atoms. The Morgan fingerprint density at radius 3 is 2.12 bits per heavy atom. The summed E-state index contributed by atoms with van der Waals surface area (Å²) in [6, 6.07) is 7.55. The van der Waals surface area contributed by atoms with Crippen LogP contribution in [-0.4, -0.2) is 18.7 Å². The molecule has 0 aliphatic carbocycles. The predicted molar refractivity (Wildman–Crippen MR) is 101 cm³/mol. The molecule has 0 aliphatic heterocycles. The fraction of sp³-hybridized carbons (Fsp3) is 0.444. The molecule has 0 saturated heterocycles. The zero-order valence-electron chi connectivity index (χ0n) is 14.8. The van der Waals surface area contributed by atoms with Crippen LogP contribution in [0.25, 0.3) is 5.57 Å². The van der Waals surface area contributed by atoms with Crippen LogP contribution in [0.4, 0.5) is 0 Å². The van der Waals surface area contributed by atoms with E-state index in [4.69, 9.17) is 9.05 Å². The molecule has 1 aromatic rings. The van der Waals surface area contributed by atoms with Gasteiger partial charge in [-0.1, -0.05) is 28.1 Å². The number of carbonyl (C=O) groups excluding carboxylic acids is 1. The molecule has 0 spiro atoms. The van der Waals surface area contributed by atoms with Gasteiger partial charge in [-0.15, -0.1) is 5.73 Å². The van der Waals surface area contributed by atoms with E-state index in [9.17, 15) is 9.36 Å². The molecule has 0 heterocycles. The van der Waals surface area contributed by atoms with Crippen LogP contribution in [0, 0.1) is 5.41 Å². The summed E-state index contributed by atoms with van der Waals surface area (Å²) in [6.07, 6.45) is 1.73. The van der Waals surface area contributed by atoms with E-state index in [1.54, 1.807) is 33.8 Å². The monoisotopic (exact) mass is 414 g/mol. The molecule has 132 valence electrons. The molecule has 0 aliphatic rings. The van der Waals surface area contributed by atoms with Gasteiger partial charge >= 0.3 is 7.60 Å². The van der Waals surface area contributed by atoms with Crippen LogP contribution in [0.5, 0.6) is 0 Å². The molecule has 0 atom stereocenters. The van der Waals surface area contributed by atoms with Crippen molar-refractivity contribution in [1.29, 1.82) is 0 Å². The average molecular weight is 415 g/mol. The van der Waals surface area contributed by atoms with E-state index in [1.165, 1.54) is 0 Å². The van der Waals surface area contributed by atoms with Gasteiger partial charge in [0.05, 0.1) is 18.6 Å². The molecule has 1 aromatic carbocycles. The normalized spacial score (nSPS) is 11.8. The lowest BCUT2D eigenvalue weighted by molar-refractivity contribution is -0.119. The van der Waals surface area contributed by atoms with Crippen molar-refractivity contribution in [2.75, 3.05) is 13.2 Å². The Morgan fingerprint density at radius 2 is 1.71 bits per heavy atom. The predicted octanol–water partition coefficient (Wildman–Crippen LogP) is 5.83. The lowest BCUT2D eigenvalue weighted by Crippen LogP contribution is -2.27. The van der Waals surface area contributed by atoms with Crippen LogP contribution in [0.3, 0.4) is 0 Å². The molecule has 4 nitrogen and oxygen atoms in total. The third-order valence-electron chi connectivity index (χ3n) is 3.43. The maximum Gasteiger partial charge on any atom is 0.397 e.